The van der Waals surface area contributed by atoms with Crippen molar-refractivity contribution in [3.05, 3.63) is 35.3 Å². The number of anilines is 3. The van der Waals surface area contributed by atoms with Crippen molar-refractivity contribution >= 4 is 29.5 Å². The molecule has 0 bridgehead atoms. The van der Waals surface area contributed by atoms with Gasteiger partial charge in [0, 0.05) is 28.4 Å². The maximum atomic E-state index is 15.0. The number of benzene rings is 1. The lowest BCUT2D eigenvalue weighted by molar-refractivity contribution is -0.384. The maximum Gasteiger partial charge on any atom is 0.241 e. The van der Waals surface area contributed by atoms with Crippen LogP contribution >= 0.6 is 0 Å². The first-order valence-corrected chi connectivity index (χ1v) is 11.7. The molecule has 0 unspecified atom stereocenters. The third-order valence-corrected chi connectivity index (χ3v) is 6.31. The number of aromatic nitrogens is 2. The van der Waals surface area contributed by atoms with Crippen LogP contribution in [0.1, 0.15) is 70.4 Å². The molecule has 6 N–H and O–H groups in total. The van der Waals surface area contributed by atoms with E-state index in [9.17, 15) is 5.26 Å². The third kappa shape index (κ3) is 5.54. The van der Waals surface area contributed by atoms with Crippen LogP contribution in [0.2, 0.25) is 0 Å². The smallest absolute Gasteiger partial charge is 0.241 e. The molecule has 1 aromatic heterocycles. The molecule has 0 spiro atoms. The van der Waals surface area contributed by atoms with Crippen molar-refractivity contribution in [2.75, 3.05) is 10.6 Å². The number of nitrogens with one attached hydrogen (secondary N) is 4. The second-order valence-corrected chi connectivity index (χ2v) is 10.6. The molecule has 1 saturated carbocycles. The van der Waals surface area contributed by atoms with Crippen molar-refractivity contribution in [1.29, 1.82) is 10.7 Å². The third-order valence-electron chi connectivity index (χ3n) is 6.31. The first kappa shape index (κ1) is 24.5. The van der Waals surface area contributed by atoms with Gasteiger partial charge in [0.1, 0.15) is 29.0 Å². The van der Waals surface area contributed by atoms with Gasteiger partial charge in [-0.25, -0.2) is 15.2 Å². The molecule has 1 aliphatic carbocycles. The van der Waals surface area contributed by atoms with Gasteiger partial charge in [0.2, 0.25) is 12.3 Å². The molecule has 0 radical (unpaired) electrons. The minimum Gasteiger partial charge on any atom is -0.366 e. The van der Waals surface area contributed by atoms with Crippen LogP contribution in [0.25, 0.3) is 0 Å². The van der Waals surface area contributed by atoms with Crippen LogP contribution < -0.4 is 21.8 Å². The monoisotopic (exact) mass is 479 g/mol. The first-order valence-electron chi connectivity index (χ1n) is 11.7. The summed E-state index contributed by atoms with van der Waals surface area (Å²) in [6.45, 7) is 8.60. The Labute approximate surface area is 204 Å². The number of halogens is 1. The van der Waals surface area contributed by atoms with Gasteiger partial charge in [0.05, 0.1) is 11.9 Å². The lowest BCUT2D eigenvalue weighted by atomic mass is 9.79. The van der Waals surface area contributed by atoms with E-state index in [2.05, 4.69) is 64.9 Å². The molecule has 1 saturated heterocycles. The molecule has 2 aliphatic rings. The molecule has 1 aromatic carbocycles. The van der Waals surface area contributed by atoms with Crippen LogP contribution in [0.15, 0.2) is 23.6 Å². The van der Waals surface area contributed by atoms with Crippen LogP contribution in [0, 0.1) is 22.6 Å². The number of hydrogen-bond acceptors (Lipinski definition) is 8. The van der Waals surface area contributed by atoms with E-state index >= 15 is 4.39 Å². The van der Waals surface area contributed by atoms with Gasteiger partial charge in [-0.05, 0) is 70.9 Å². The summed E-state index contributed by atoms with van der Waals surface area (Å²) in [5, 5.41) is 30.8. The lowest BCUT2D eigenvalue weighted by Crippen LogP contribution is -2.60. The van der Waals surface area contributed by atoms with Gasteiger partial charge < -0.3 is 16.0 Å². The van der Waals surface area contributed by atoms with E-state index in [0.29, 0.717) is 17.1 Å². The Morgan fingerprint density at radius 3 is 2.54 bits per heavy atom. The zero-order valence-corrected chi connectivity index (χ0v) is 20.5. The van der Waals surface area contributed by atoms with Crippen LogP contribution in [0.4, 0.5) is 27.5 Å². The minimum absolute atomic E-state index is 0.0854. The standard InChI is InChI=1S/C24H31FN10/c1-23(2)9-16(10-24(3,4)33-23)30-21-15(11-26)12-29-22(32-21)31-19-8-20(35(13-27)34-28)17(7-18(19)25)14-5-6-14/h7-8,12-14,16,27-28,33H,5-6,9-10H2,1-4H3,(H2,29,30,31,32)/p+1. The number of hydrogen-bond donors (Lipinski definition) is 5. The van der Waals surface area contributed by atoms with Crippen molar-refractivity contribution in [3.63, 3.8) is 0 Å². The predicted octanol–water partition coefficient (Wildman–Crippen LogP) is 4.41. The Balaban J connectivity index is 1.64. The Morgan fingerprint density at radius 2 is 1.97 bits per heavy atom. The number of nitriles is 1. The van der Waals surface area contributed by atoms with Crippen molar-refractivity contribution in [2.45, 2.75) is 76.4 Å². The molecule has 184 valence electrons. The van der Waals surface area contributed by atoms with Crippen molar-refractivity contribution < 1.29 is 9.09 Å². The SMILES string of the molecule is CC1(C)CC(Nc2nc(Nc3cc([N+](C=N)=NN)c(C4CC4)cc3F)ncc2C#N)CC(C)(C)N1. The molecule has 2 fully saturated rings. The van der Waals surface area contributed by atoms with Crippen LogP contribution in [-0.4, -0.2) is 38.1 Å². The molecule has 1 aliphatic heterocycles. The summed E-state index contributed by atoms with van der Waals surface area (Å²) < 4.78 is 16.2. The first-order chi connectivity index (χ1) is 16.5. The van der Waals surface area contributed by atoms with Crippen molar-refractivity contribution in [3.8, 4) is 6.07 Å². The van der Waals surface area contributed by atoms with Gasteiger partial charge in [-0.1, -0.05) is 0 Å². The fraction of sp³-hybridized carbons (Fsp3) is 0.500. The second kappa shape index (κ2) is 9.19. The van der Waals surface area contributed by atoms with Crippen LogP contribution in [0.3, 0.4) is 0 Å². The van der Waals surface area contributed by atoms with Gasteiger partial charge in [-0.3, -0.25) is 0 Å². The highest BCUT2D eigenvalue weighted by atomic mass is 19.1. The van der Waals surface area contributed by atoms with Gasteiger partial charge >= 0.3 is 0 Å². The van der Waals surface area contributed by atoms with E-state index in [0.717, 1.165) is 37.6 Å². The highest BCUT2D eigenvalue weighted by Gasteiger charge is 2.38. The fourth-order valence-corrected chi connectivity index (χ4v) is 5.13. The average molecular weight is 480 g/mol. The Hall–Kier alpha value is -3.65. The molecule has 10 nitrogen and oxygen atoms in total. The number of piperidine rings is 1. The molecule has 2 aromatic rings. The van der Waals surface area contributed by atoms with Crippen molar-refractivity contribution in [2.24, 2.45) is 11.1 Å². The maximum absolute atomic E-state index is 15.0. The topological polar surface area (TPSA) is 151 Å². The highest BCUT2D eigenvalue weighted by molar-refractivity contribution is 5.65. The largest absolute Gasteiger partial charge is 0.366 e. The van der Waals surface area contributed by atoms with Crippen LogP contribution in [-0.2, 0) is 0 Å². The minimum atomic E-state index is -0.470. The molecule has 2 heterocycles. The highest BCUT2D eigenvalue weighted by Crippen LogP contribution is 2.45. The Bertz CT molecular complexity index is 1190. The molecule has 4 rings (SSSR count). The predicted molar refractivity (Wildman–Crippen MR) is 132 cm³/mol. The van der Waals surface area contributed by atoms with Gasteiger partial charge in [0.25, 0.3) is 0 Å². The quantitative estimate of drug-likeness (QED) is 0.0985. The van der Waals surface area contributed by atoms with E-state index in [-0.39, 0.29) is 34.7 Å². The lowest BCUT2D eigenvalue weighted by Gasteiger charge is -2.46. The van der Waals surface area contributed by atoms with Crippen molar-refractivity contribution in [1.82, 2.24) is 15.3 Å². The van der Waals surface area contributed by atoms with E-state index in [1.807, 2.05) is 0 Å². The number of rotatable bonds is 7. The van der Waals surface area contributed by atoms with E-state index in [4.69, 9.17) is 11.3 Å². The van der Waals surface area contributed by atoms with Gasteiger partial charge in [-0.2, -0.15) is 15.7 Å². The number of nitrogens with zero attached hydrogens (tertiary/aromatic N) is 5. The van der Waals surface area contributed by atoms with E-state index < -0.39 is 5.82 Å². The molecule has 0 amide bonds. The molecule has 11 heteroatoms. The average Bonchev–Trinajstić information content (AvgIpc) is 3.60. The molecular weight excluding hydrogens is 447 g/mol. The molecule has 35 heavy (non-hydrogen) atoms. The Kier molecular flexibility index (Phi) is 6.42. The summed E-state index contributed by atoms with van der Waals surface area (Å²) >= 11 is 0. The summed E-state index contributed by atoms with van der Waals surface area (Å²) in [5.41, 5.74) is 1.55. The molecule has 0 atom stereocenters. The summed E-state index contributed by atoms with van der Waals surface area (Å²) in [6.07, 6.45) is 5.99. The fourth-order valence-electron chi connectivity index (χ4n) is 5.13. The summed E-state index contributed by atoms with van der Waals surface area (Å²) in [4.78, 5) is 8.72. The van der Waals surface area contributed by atoms with E-state index in [1.54, 1.807) is 6.07 Å². The van der Waals surface area contributed by atoms with E-state index in [1.165, 1.54) is 17.0 Å². The second-order valence-electron chi connectivity index (χ2n) is 10.6. The van der Waals surface area contributed by atoms with Gasteiger partial charge in [0.15, 0.2) is 0 Å². The normalized spacial score (nSPS) is 19.6. The summed E-state index contributed by atoms with van der Waals surface area (Å²) in [6, 6.07) is 5.22. The Morgan fingerprint density at radius 1 is 1.29 bits per heavy atom. The van der Waals surface area contributed by atoms with Crippen LogP contribution in [0.5, 0.6) is 0 Å². The number of nitrogens with two attached hydrogens (primary N) is 1. The van der Waals surface area contributed by atoms with Gasteiger partial charge in [-0.15, -0.1) is 4.70 Å². The zero-order chi connectivity index (χ0) is 25.4. The zero-order valence-electron chi connectivity index (χ0n) is 20.5. The summed E-state index contributed by atoms with van der Waals surface area (Å²) in [7, 11) is 0. The summed E-state index contributed by atoms with van der Waals surface area (Å²) in [5.74, 6) is 5.74. The molecular formula is C24H32FN10+.